The largest absolute Gasteiger partial charge is 0.395 e. The maximum Gasteiger partial charge on any atom is 0.143 e. The van der Waals surface area contributed by atoms with Crippen molar-refractivity contribution in [1.82, 2.24) is 5.32 Å². The van der Waals surface area contributed by atoms with E-state index in [4.69, 9.17) is 24.4 Å². The molecule has 1 aromatic carbocycles. The zero-order chi connectivity index (χ0) is 19.3. The van der Waals surface area contributed by atoms with Crippen LogP contribution in [-0.4, -0.2) is 34.6 Å². The van der Waals surface area contributed by atoms with Gasteiger partial charge in [0.1, 0.15) is 9.31 Å². The van der Waals surface area contributed by atoms with Gasteiger partial charge in [0.2, 0.25) is 0 Å². The maximum absolute atomic E-state index is 9.22. The molecule has 0 spiro atoms. The molecule has 1 aromatic heterocycles. The zero-order valence-electron chi connectivity index (χ0n) is 15.3. The molecule has 4 rings (SSSR count). The standard InChI is InChI=1S/C20H20N2OS4/c1-20(2)14-8-11(22(3)6-7-23)4-5-13(14)17-15(20)9-12(26-17)10-16-18(24)21-19(25)27-16/h4-5,8-10,23H,6-7H2,1-3H3,(H,21,24,25)/b16-10-. The zero-order valence-corrected chi connectivity index (χ0v) is 18.6. The maximum atomic E-state index is 9.22. The molecular weight excluding hydrogens is 413 g/mol. The average molecular weight is 433 g/mol. The molecule has 1 aliphatic carbocycles. The first-order valence-corrected chi connectivity index (χ1v) is 11.1. The number of anilines is 1. The third-order valence-electron chi connectivity index (χ3n) is 5.14. The van der Waals surface area contributed by atoms with Gasteiger partial charge in [-0.1, -0.05) is 56.1 Å². The fourth-order valence-corrected chi connectivity index (χ4v) is 6.45. The van der Waals surface area contributed by atoms with Gasteiger partial charge in [-0.25, -0.2) is 0 Å². The van der Waals surface area contributed by atoms with Crippen LogP contribution in [0.3, 0.4) is 0 Å². The molecule has 0 bridgehead atoms. The van der Waals surface area contributed by atoms with Crippen molar-refractivity contribution in [3.8, 4) is 10.4 Å². The van der Waals surface area contributed by atoms with Crippen LogP contribution in [0.4, 0.5) is 5.69 Å². The van der Waals surface area contributed by atoms with E-state index in [0.717, 1.165) is 19.9 Å². The lowest BCUT2D eigenvalue weighted by atomic mass is 9.82. The molecule has 0 atom stereocenters. The highest BCUT2D eigenvalue weighted by Gasteiger charge is 2.37. The van der Waals surface area contributed by atoms with Gasteiger partial charge < -0.3 is 15.3 Å². The highest BCUT2D eigenvalue weighted by atomic mass is 32.2. The number of aliphatic hydroxyl groups is 1. The van der Waals surface area contributed by atoms with Crippen molar-refractivity contribution < 1.29 is 5.11 Å². The smallest absolute Gasteiger partial charge is 0.143 e. The quantitative estimate of drug-likeness (QED) is 0.535. The van der Waals surface area contributed by atoms with Gasteiger partial charge in [0.05, 0.1) is 11.5 Å². The summed E-state index contributed by atoms with van der Waals surface area (Å²) in [5, 5.41) is 12.3. The molecule has 0 amide bonds. The van der Waals surface area contributed by atoms with Gasteiger partial charge in [-0.15, -0.1) is 11.3 Å². The Labute approximate surface area is 178 Å². The first kappa shape index (κ1) is 19.1. The molecule has 1 saturated heterocycles. The molecule has 2 aromatic rings. The summed E-state index contributed by atoms with van der Waals surface area (Å²) in [6.45, 7) is 5.35. The number of fused-ring (bicyclic) bond motifs is 3. The fourth-order valence-electron chi connectivity index (χ4n) is 3.60. The number of likely N-dealkylation sites (N-methyl/N-ethyl adjacent to an activating group) is 1. The lowest BCUT2D eigenvalue weighted by molar-refractivity contribution is 0.304. The summed E-state index contributed by atoms with van der Waals surface area (Å²) in [5.41, 5.74) is 5.10. The van der Waals surface area contributed by atoms with E-state index in [9.17, 15) is 5.11 Å². The van der Waals surface area contributed by atoms with Crippen molar-refractivity contribution in [2.24, 2.45) is 0 Å². The summed E-state index contributed by atoms with van der Waals surface area (Å²) < 4.78 is 0.723. The molecule has 0 unspecified atom stereocenters. The Bertz CT molecular complexity index is 990. The first-order valence-electron chi connectivity index (χ1n) is 8.67. The Morgan fingerprint density at radius 2 is 2.00 bits per heavy atom. The molecule has 7 heteroatoms. The predicted molar refractivity (Wildman–Crippen MR) is 126 cm³/mol. The Morgan fingerprint density at radius 1 is 1.22 bits per heavy atom. The molecule has 2 N–H and O–H groups in total. The molecule has 2 aliphatic rings. The third kappa shape index (κ3) is 3.25. The SMILES string of the molecule is CN(CCO)c1ccc2c(c1)C(C)(C)c1cc(/C=C3\SC(=S)NC3=S)sc1-2. The van der Waals surface area contributed by atoms with Gasteiger partial charge in [-0.2, -0.15) is 0 Å². The summed E-state index contributed by atoms with van der Waals surface area (Å²) in [4.78, 5) is 6.37. The number of aliphatic hydroxyl groups excluding tert-OH is 1. The number of thiophene rings is 1. The Hall–Kier alpha value is -1.25. The van der Waals surface area contributed by atoms with E-state index in [0.29, 0.717) is 6.54 Å². The number of nitrogens with zero attached hydrogens (tertiary/aromatic N) is 1. The number of thiocarbonyl (C=S) groups is 2. The van der Waals surface area contributed by atoms with Crippen molar-refractivity contribution in [2.75, 3.05) is 25.1 Å². The van der Waals surface area contributed by atoms with Crippen LogP contribution in [0, 0.1) is 0 Å². The van der Waals surface area contributed by atoms with Crippen LogP contribution in [0.5, 0.6) is 0 Å². The fraction of sp³-hybridized carbons (Fsp3) is 0.300. The van der Waals surface area contributed by atoms with Crippen LogP contribution in [0.1, 0.15) is 29.9 Å². The average Bonchev–Trinajstić information content (AvgIpc) is 3.23. The van der Waals surface area contributed by atoms with E-state index in [1.807, 2.05) is 18.4 Å². The molecule has 3 nitrogen and oxygen atoms in total. The summed E-state index contributed by atoms with van der Waals surface area (Å²) in [6.07, 6.45) is 2.14. The number of rotatable bonds is 4. The van der Waals surface area contributed by atoms with E-state index >= 15 is 0 Å². The molecule has 1 aliphatic heterocycles. The second-order valence-corrected chi connectivity index (χ2v) is 10.5. The van der Waals surface area contributed by atoms with Gasteiger partial charge in [0, 0.05) is 34.4 Å². The van der Waals surface area contributed by atoms with Crippen molar-refractivity contribution in [2.45, 2.75) is 19.3 Å². The molecule has 0 saturated carbocycles. The van der Waals surface area contributed by atoms with E-state index < -0.39 is 0 Å². The topological polar surface area (TPSA) is 35.5 Å². The number of hydrogen-bond acceptors (Lipinski definition) is 6. The van der Waals surface area contributed by atoms with Crippen LogP contribution in [0.15, 0.2) is 29.2 Å². The summed E-state index contributed by atoms with van der Waals surface area (Å²) >= 11 is 13.9. The molecule has 27 heavy (non-hydrogen) atoms. The van der Waals surface area contributed by atoms with Gasteiger partial charge >= 0.3 is 0 Å². The highest BCUT2D eigenvalue weighted by molar-refractivity contribution is 8.27. The van der Waals surface area contributed by atoms with Crippen molar-refractivity contribution >= 4 is 68.6 Å². The molecule has 140 valence electrons. The second kappa shape index (κ2) is 6.97. The first-order chi connectivity index (χ1) is 12.8. The van der Waals surface area contributed by atoms with Crippen LogP contribution >= 0.6 is 47.5 Å². The Balaban J connectivity index is 1.74. The predicted octanol–water partition coefficient (Wildman–Crippen LogP) is 4.77. The number of benzene rings is 1. The highest BCUT2D eigenvalue weighted by Crippen LogP contribution is 2.53. The molecule has 0 radical (unpaired) electrons. The number of thioether (sulfide) groups is 1. The van der Waals surface area contributed by atoms with Crippen molar-refractivity contribution in [3.05, 3.63) is 45.2 Å². The van der Waals surface area contributed by atoms with Crippen LogP contribution < -0.4 is 10.2 Å². The Kier molecular flexibility index (Phi) is 4.93. The minimum Gasteiger partial charge on any atom is -0.395 e. The van der Waals surface area contributed by atoms with E-state index in [1.54, 1.807) is 0 Å². The number of hydrogen-bond donors (Lipinski definition) is 2. The van der Waals surface area contributed by atoms with Gasteiger partial charge in [0.15, 0.2) is 0 Å². The van der Waals surface area contributed by atoms with E-state index in [1.165, 1.54) is 38.2 Å². The second-order valence-electron chi connectivity index (χ2n) is 7.24. The van der Waals surface area contributed by atoms with Crippen molar-refractivity contribution in [1.29, 1.82) is 0 Å². The summed E-state index contributed by atoms with van der Waals surface area (Å²) in [5.74, 6) is 0. The summed E-state index contributed by atoms with van der Waals surface area (Å²) in [6, 6.07) is 8.90. The Morgan fingerprint density at radius 3 is 2.67 bits per heavy atom. The van der Waals surface area contributed by atoms with Gasteiger partial charge in [-0.3, -0.25) is 0 Å². The normalized spacial score (nSPS) is 18.6. The minimum absolute atomic E-state index is 0.0507. The van der Waals surface area contributed by atoms with Crippen LogP contribution in [0.25, 0.3) is 16.5 Å². The molecular formula is C20H20N2OS4. The molecule has 2 heterocycles. The number of nitrogens with one attached hydrogen (secondary N) is 1. The van der Waals surface area contributed by atoms with E-state index in [-0.39, 0.29) is 12.0 Å². The third-order valence-corrected chi connectivity index (χ3v) is 7.89. The molecule has 1 fully saturated rings. The van der Waals surface area contributed by atoms with Gasteiger partial charge in [0.25, 0.3) is 0 Å². The monoisotopic (exact) mass is 432 g/mol. The van der Waals surface area contributed by atoms with Gasteiger partial charge in [-0.05, 0) is 41.0 Å². The van der Waals surface area contributed by atoms with Crippen molar-refractivity contribution in [3.63, 3.8) is 0 Å². The minimum atomic E-state index is -0.0507. The lowest BCUT2D eigenvalue weighted by Gasteiger charge is -2.24. The van der Waals surface area contributed by atoms with E-state index in [2.05, 4.69) is 54.4 Å². The van der Waals surface area contributed by atoms with Crippen LogP contribution in [0.2, 0.25) is 0 Å². The summed E-state index contributed by atoms with van der Waals surface area (Å²) in [7, 11) is 2.01. The van der Waals surface area contributed by atoms with Crippen LogP contribution in [-0.2, 0) is 5.41 Å². The lowest BCUT2D eigenvalue weighted by Crippen LogP contribution is -2.22.